The molecule has 0 aliphatic rings. The third-order valence-corrected chi connectivity index (χ3v) is 8.05. The summed E-state index contributed by atoms with van der Waals surface area (Å²) in [6.07, 6.45) is -11.0. The third kappa shape index (κ3) is 74.9. The predicted octanol–water partition coefficient (Wildman–Crippen LogP) is 23.2. The SMILES string of the molecule is [2H]C([2H])(C)C([2H])([2H])C([2H])(C)C.[2H]C([2H])(C)C([2H])([2H])CC.[2H]C([2H])(C)C([2H])([2H])CC.[2H]C([2H])(C)CC([2H])([2H])C.[2H]C([2H])(C)CCC.[2H]C([2H])(C)CCC.[2H]C([2H])(CC)CC.[2H]C([2H])([2H])C(C)(C)C(C)(C([2H])([2H])[2H])C(C)(C)C.[2H]C([2H])([2H])C(C)(CC)C(C)(C)C. The lowest BCUT2D eigenvalue weighted by Gasteiger charge is -2.49. The lowest BCUT2D eigenvalue weighted by Crippen LogP contribution is -2.41. The lowest BCUT2D eigenvalue weighted by atomic mass is 9.56. The van der Waals surface area contributed by atoms with Crippen molar-refractivity contribution in [1.82, 2.24) is 0 Å². The zero-order valence-corrected chi connectivity index (χ0v) is 43.1. The van der Waals surface area contributed by atoms with E-state index in [9.17, 15) is 0 Å². The van der Waals surface area contributed by atoms with Gasteiger partial charge in [-0.25, -0.2) is 0 Å². The van der Waals surface area contributed by atoms with E-state index < -0.39 is 118 Å². The van der Waals surface area contributed by atoms with E-state index in [1.54, 1.807) is 55.4 Å². The average molecular weight is 836 g/mol. The Morgan fingerprint density at radius 3 is 0.768 bits per heavy atom. The van der Waals surface area contributed by atoms with Crippen LogP contribution in [0.25, 0.3) is 0 Å². The minimum absolute atomic E-state index is 0.0417. The maximum Gasteiger partial charge on any atom is 0.0297 e. The Hall–Kier alpha value is 0. The fraction of sp³-hybridized carbons (Fsp3) is 1.00. The van der Waals surface area contributed by atoms with E-state index in [1.807, 2.05) is 62.3 Å². The Kier molecular flexibility index (Phi) is 26.7. The van der Waals surface area contributed by atoms with Gasteiger partial charge in [0.25, 0.3) is 0 Å². The highest BCUT2D eigenvalue weighted by Gasteiger charge is 2.42. The second-order valence-electron chi connectivity index (χ2n) is 15.9. The van der Waals surface area contributed by atoms with Crippen LogP contribution in [0, 0.1) is 33.0 Å². The molecule has 0 heteroatoms. The van der Waals surface area contributed by atoms with Gasteiger partial charge in [0.05, 0.1) is 0 Å². The zero-order chi connectivity index (χ0) is 75.1. The second kappa shape index (κ2) is 55.0. The van der Waals surface area contributed by atoms with Gasteiger partial charge in [0.1, 0.15) is 0 Å². The Bertz CT molecular complexity index is 1660. The van der Waals surface area contributed by atoms with Gasteiger partial charge in [0, 0.05) is 43.9 Å². The third-order valence-electron chi connectivity index (χ3n) is 8.05. The molecule has 2 atom stereocenters. The molecule has 0 N–H and O–H groups in total. The maximum absolute atomic E-state index is 7.76. The molecule has 0 saturated carbocycles. The standard InChI is InChI=1S/C11H24.C9H20.C6H14.6C5H12/c1-9(2,3)11(7,8)10(4,5)6;1-7-9(5,6)8(2,3)4;1-4-5-6(2)3;6*1-3-5-4-2/h1-8H3;7H2,1-6H3;6H,4-5H2,1-3H3;6*3-5H2,1-2H3/i1D3,7D3;5D3;4D2,5D2,6D;2*3D2,5D2;3D2,4D2;5D2;2*3D2. The highest BCUT2D eigenvalue weighted by molar-refractivity contribution is 4.91. The summed E-state index contributed by atoms with van der Waals surface area (Å²) in [6, 6.07) is 0. The van der Waals surface area contributed by atoms with E-state index >= 15 is 0 Å². The maximum atomic E-state index is 7.76. The Morgan fingerprint density at radius 1 is 0.393 bits per heavy atom. The highest BCUT2D eigenvalue weighted by Crippen LogP contribution is 2.50. The fourth-order valence-corrected chi connectivity index (χ4v) is 3.00. The molecular formula is C56H130. The van der Waals surface area contributed by atoms with E-state index in [0.29, 0.717) is 32.1 Å². The molecule has 354 valence electrons. The number of hydrogen-bond acceptors (Lipinski definition) is 0. The topological polar surface area (TPSA) is 0 Å². The van der Waals surface area contributed by atoms with E-state index in [1.165, 1.54) is 55.4 Å². The van der Waals surface area contributed by atoms with Crippen LogP contribution in [-0.2, 0) is 0 Å². The van der Waals surface area contributed by atoms with Crippen LogP contribution in [0.1, 0.15) is 379 Å². The van der Waals surface area contributed by atoms with Crippen LogP contribution in [-0.4, -0.2) is 0 Å². The molecule has 0 aromatic carbocycles. The molecule has 0 heterocycles. The van der Waals surface area contributed by atoms with Crippen LogP contribution in [0.2, 0.25) is 0 Å². The van der Waals surface area contributed by atoms with E-state index in [-0.39, 0.29) is 24.7 Å². The van der Waals surface area contributed by atoms with Gasteiger partial charge in [0.2, 0.25) is 0 Å². The van der Waals surface area contributed by atoms with Gasteiger partial charge in [-0.15, -0.1) is 0 Å². The predicted molar refractivity (Wildman–Crippen MR) is 277 cm³/mol. The first-order chi connectivity index (χ1) is 37.1. The second-order valence-corrected chi connectivity index (χ2v) is 15.9. The van der Waals surface area contributed by atoms with Crippen molar-refractivity contribution in [3.05, 3.63) is 0 Å². The van der Waals surface area contributed by atoms with Crippen molar-refractivity contribution in [3.8, 4) is 0 Å². The molecule has 0 rings (SSSR count). The summed E-state index contributed by atoms with van der Waals surface area (Å²) in [4.78, 5) is 0. The van der Waals surface area contributed by atoms with E-state index in [0.717, 1.165) is 19.8 Å². The van der Waals surface area contributed by atoms with Crippen LogP contribution in [0.5, 0.6) is 0 Å². The highest BCUT2D eigenvalue weighted by atomic mass is 14.5. The van der Waals surface area contributed by atoms with Crippen LogP contribution < -0.4 is 0 Å². The van der Waals surface area contributed by atoms with E-state index in [2.05, 4.69) is 0 Å². The molecule has 0 spiro atoms. The summed E-state index contributed by atoms with van der Waals surface area (Å²) in [5.74, 6) is -1.41. The van der Waals surface area contributed by atoms with Crippen LogP contribution in [0.15, 0.2) is 0 Å². The van der Waals surface area contributed by atoms with E-state index in [4.69, 9.17) is 43.9 Å². The summed E-state index contributed by atoms with van der Waals surface area (Å²) in [7, 11) is 0. The molecule has 0 nitrogen and oxygen atoms in total. The van der Waals surface area contributed by atoms with Gasteiger partial charge in [0.15, 0.2) is 0 Å². The van der Waals surface area contributed by atoms with Gasteiger partial charge in [-0.1, -0.05) is 335 Å². The monoisotopic (exact) mass is 835 g/mol. The van der Waals surface area contributed by atoms with Crippen molar-refractivity contribution in [1.29, 1.82) is 0 Å². The smallest absolute Gasteiger partial charge is 0.0297 e. The quantitative estimate of drug-likeness (QED) is 0.154. The first-order valence-electron chi connectivity index (χ1n) is 37.1. The zero-order valence-electron chi connectivity index (χ0n) is 75.1. The van der Waals surface area contributed by atoms with Crippen molar-refractivity contribution in [2.75, 3.05) is 0 Å². The molecule has 0 bridgehead atoms. The summed E-state index contributed by atoms with van der Waals surface area (Å²) in [5.41, 5.74) is -4.01. The lowest BCUT2D eigenvalue weighted by molar-refractivity contribution is 0.00575. The van der Waals surface area contributed by atoms with Gasteiger partial charge < -0.3 is 0 Å². The average Bonchev–Trinajstić information content (AvgIpc) is 3.22. The van der Waals surface area contributed by atoms with Crippen molar-refractivity contribution in [2.24, 2.45) is 33.0 Å². The Balaban J connectivity index is -0.000000116. The first kappa shape index (κ1) is 27.1. The molecule has 0 amide bonds. The molecule has 56 heavy (non-hydrogen) atoms. The normalized spacial score (nSPS) is 24.7. The van der Waals surface area contributed by atoms with Crippen molar-refractivity contribution in [3.63, 3.8) is 0 Å². The summed E-state index contributed by atoms with van der Waals surface area (Å²) >= 11 is 0. The van der Waals surface area contributed by atoms with Crippen LogP contribution in [0.3, 0.4) is 0 Å². The largest absolute Gasteiger partial charge is 0.0654 e. The van der Waals surface area contributed by atoms with Crippen LogP contribution in [0.4, 0.5) is 0 Å². The molecule has 0 fully saturated rings. The van der Waals surface area contributed by atoms with Gasteiger partial charge in [-0.05, 0) is 33.0 Å². The molecule has 0 saturated heterocycles. The number of rotatable bonds is 15. The summed E-state index contributed by atoms with van der Waals surface area (Å²) < 4.78 is 232. The molecule has 0 radical (unpaired) electrons. The van der Waals surface area contributed by atoms with Gasteiger partial charge >= 0.3 is 0 Å². The molecule has 0 aliphatic carbocycles. The minimum atomic E-state index is -2.33. The van der Waals surface area contributed by atoms with Gasteiger partial charge in [-0.3, -0.25) is 0 Å². The van der Waals surface area contributed by atoms with Crippen molar-refractivity contribution < 1.29 is 43.9 Å². The molecule has 0 aromatic heterocycles. The summed E-state index contributed by atoms with van der Waals surface area (Å²) in [6.45, 7) is 36.6. The minimum Gasteiger partial charge on any atom is -0.0654 e. The van der Waals surface area contributed by atoms with Crippen molar-refractivity contribution >= 4 is 0 Å². The fourth-order valence-electron chi connectivity index (χ4n) is 3.00. The molecule has 2 unspecified atom stereocenters. The number of hydrogen-bond donors (Lipinski definition) is 0. The van der Waals surface area contributed by atoms with Crippen LogP contribution >= 0.6 is 0 Å². The Morgan fingerprint density at radius 2 is 0.750 bits per heavy atom. The first-order valence-corrected chi connectivity index (χ1v) is 21.1. The molecule has 0 aliphatic heterocycles. The van der Waals surface area contributed by atoms with Gasteiger partial charge in [-0.2, -0.15) is 0 Å². The molecule has 0 aromatic rings. The molecular weight excluding hydrogens is 673 g/mol. The van der Waals surface area contributed by atoms with Crippen molar-refractivity contribution in [2.45, 2.75) is 335 Å². The summed E-state index contributed by atoms with van der Waals surface area (Å²) in [5, 5.41) is 0. The Labute approximate surface area is 412 Å².